The molecule has 1 saturated carbocycles. The van der Waals surface area contributed by atoms with Crippen molar-refractivity contribution < 1.29 is 18.1 Å². The fourth-order valence-electron chi connectivity index (χ4n) is 3.53. The minimum atomic E-state index is -3.82. The number of non-ortho nitro benzene ring substituents is 1. The van der Waals surface area contributed by atoms with E-state index in [0.29, 0.717) is 18.9 Å². The number of anilines is 1. The van der Waals surface area contributed by atoms with Gasteiger partial charge < -0.3 is 10.1 Å². The number of nitrogens with one attached hydrogen (secondary N) is 1. The summed E-state index contributed by atoms with van der Waals surface area (Å²) in [5.74, 6) is 0. The summed E-state index contributed by atoms with van der Waals surface area (Å²) in [5.41, 5.74) is 0.234. The molecule has 0 atom stereocenters. The van der Waals surface area contributed by atoms with Gasteiger partial charge in [-0.15, -0.1) is 0 Å². The van der Waals surface area contributed by atoms with Gasteiger partial charge in [0.15, 0.2) is 0 Å². The van der Waals surface area contributed by atoms with Crippen LogP contribution in [0.15, 0.2) is 23.1 Å². The number of benzene rings is 1. The Kier molecular flexibility index (Phi) is 6.10. The molecule has 1 aliphatic carbocycles. The summed E-state index contributed by atoms with van der Waals surface area (Å²) >= 11 is 0. The number of sulfonamides is 1. The summed E-state index contributed by atoms with van der Waals surface area (Å²) in [4.78, 5) is 10.6. The van der Waals surface area contributed by atoms with Crippen LogP contribution >= 0.6 is 0 Å². The van der Waals surface area contributed by atoms with Gasteiger partial charge in [0.2, 0.25) is 10.0 Å². The molecule has 2 fully saturated rings. The van der Waals surface area contributed by atoms with Crippen LogP contribution in [0.5, 0.6) is 0 Å². The zero-order valence-electron chi connectivity index (χ0n) is 14.7. The molecule has 0 unspecified atom stereocenters. The van der Waals surface area contributed by atoms with Crippen molar-refractivity contribution >= 4 is 21.4 Å². The number of rotatable bonds is 5. The monoisotopic (exact) mass is 383 g/mol. The topological polar surface area (TPSA) is 102 Å². The molecule has 144 valence electrons. The first-order valence-electron chi connectivity index (χ1n) is 9.11. The third kappa shape index (κ3) is 4.33. The molecule has 2 aliphatic rings. The van der Waals surface area contributed by atoms with E-state index in [4.69, 9.17) is 4.74 Å². The molecule has 1 aliphatic heterocycles. The average molecular weight is 383 g/mol. The van der Waals surface area contributed by atoms with Crippen molar-refractivity contribution in [1.82, 2.24) is 4.31 Å². The Labute approximate surface area is 153 Å². The highest BCUT2D eigenvalue weighted by Crippen LogP contribution is 2.31. The maximum atomic E-state index is 13.1. The minimum Gasteiger partial charge on any atom is -0.381 e. The van der Waals surface area contributed by atoms with Gasteiger partial charge in [0.25, 0.3) is 5.69 Å². The Balaban J connectivity index is 1.94. The maximum absolute atomic E-state index is 13.1. The van der Waals surface area contributed by atoms with Crippen LogP contribution in [0.25, 0.3) is 0 Å². The first kappa shape index (κ1) is 19.1. The maximum Gasteiger partial charge on any atom is 0.270 e. The predicted molar refractivity (Wildman–Crippen MR) is 97.8 cm³/mol. The minimum absolute atomic E-state index is 0.0159. The van der Waals surface area contributed by atoms with Crippen molar-refractivity contribution in [3.8, 4) is 0 Å². The quantitative estimate of drug-likeness (QED) is 0.476. The zero-order valence-corrected chi connectivity index (χ0v) is 15.5. The van der Waals surface area contributed by atoms with Crippen LogP contribution in [-0.4, -0.2) is 50.0 Å². The number of nitro benzene ring substituents is 1. The van der Waals surface area contributed by atoms with E-state index in [9.17, 15) is 18.5 Å². The first-order valence-corrected chi connectivity index (χ1v) is 10.6. The second kappa shape index (κ2) is 8.32. The summed E-state index contributed by atoms with van der Waals surface area (Å²) < 4.78 is 32.8. The molecule has 0 amide bonds. The highest BCUT2D eigenvalue weighted by atomic mass is 32.2. The van der Waals surface area contributed by atoms with E-state index in [1.54, 1.807) is 0 Å². The van der Waals surface area contributed by atoms with Crippen LogP contribution in [0.1, 0.15) is 38.5 Å². The molecule has 1 aromatic rings. The smallest absolute Gasteiger partial charge is 0.270 e. The summed E-state index contributed by atoms with van der Waals surface area (Å²) in [5, 5.41) is 14.5. The van der Waals surface area contributed by atoms with Gasteiger partial charge in [0, 0.05) is 31.3 Å². The average Bonchev–Trinajstić information content (AvgIpc) is 2.91. The molecule has 1 N–H and O–H groups in total. The first-order chi connectivity index (χ1) is 12.5. The van der Waals surface area contributed by atoms with Crippen LogP contribution in [0.4, 0.5) is 11.4 Å². The standard InChI is InChI=1S/C17H25N3O5S/c21-20(22)15-7-8-16(18-14-5-3-1-2-4-6-14)17(13-15)26(23,24)19-9-11-25-12-10-19/h7-8,13-14,18H,1-6,9-12H2. The predicted octanol–water partition coefficient (Wildman–Crippen LogP) is 2.75. The van der Waals surface area contributed by atoms with E-state index in [0.717, 1.165) is 25.7 Å². The lowest BCUT2D eigenvalue weighted by molar-refractivity contribution is -0.385. The van der Waals surface area contributed by atoms with Crippen molar-refractivity contribution in [3.63, 3.8) is 0 Å². The largest absolute Gasteiger partial charge is 0.381 e. The van der Waals surface area contributed by atoms with Gasteiger partial charge in [0.05, 0.1) is 23.8 Å². The van der Waals surface area contributed by atoms with E-state index >= 15 is 0 Å². The molecule has 0 radical (unpaired) electrons. The normalized spacial score (nSPS) is 20.5. The SMILES string of the molecule is O=[N+]([O-])c1ccc(NC2CCCCCC2)c(S(=O)(=O)N2CCOCC2)c1. The molecular weight excluding hydrogens is 358 g/mol. The Morgan fingerprint density at radius 3 is 2.38 bits per heavy atom. The third-order valence-electron chi connectivity index (χ3n) is 4.98. The lowest BCUT2D eigenvalue weighted by atomic mass is 10.1. The van der Waals surface area contributed by atoms with Gasteiger partial charge in [-0.05, 0) is 18.9 Å². The Morgan fingerprint density at radius 1 is 1.12 bits per heavy atom. The van der Waals surface area contributed by atoms with E-state index in [1.165, 1.54) is 35.3 Å². The lowest BCUT2D eigenvalue weighted by Crippen LogP contribution is -2.41. The number of morpholine rings is 1. The molecular formula is C17H25N3O5S. The molecule has 0 aromatic heterocycles. The van der Waals surface area contributed by atoms with Crippen molar-refractivity contribution in [2.75, 3.05) is 31.6 Å². The molecule has 0 bridgehead atoms. The fraction of sp³-hybridized carbons (Fsp3) is 0.647. The zero-order chi connectivity index (χ0) is 18.6. The van der Waals surface area contributed by atoms with Crippen LogP contribution in [0, 0.1) is 10.1 Å². The number of hydrogen-bond acceptors (Lipinski definition) is 6. The summed E-state index contributed by atoms with van der Waals surface area (Å²) in [6, 6.07) is 4.25. The summed E-state index contributed by atoms with van der Waals surface area (Å²) in [6.45, 7) is 1.18. The lowest BCUT2D eigenvalue weighted by Gasteiger charge is -2.28. The van der Waals surface area contributed by atoms with E-state index in [-0.39, 0.29) is 29.7 Å². The van der Waals surface area contributed by atoms with E-state index in [1.807, 2.05) is 0 Å². The van der Waals surface area contributed by atoms with Crippen LogP contribution in [-0.2, 0) is 14.8 Å². The van der Waals surface area contributed by atoms with Gasteiger partial charge >= 0.3 is 0 Å². The van der Waals surface area contributed by atoms with Gasteiger partial charge in [-0.25, -0.2) is 8.42 Å². The van der Waals surface area contributed by atoms with Gasteiger partial charge in [0.1, 0.15) is 4.90 Å². The number of nitrogens with zero attached hydrogens (tertiary/aromatic N) is 2. The Bertz CT molecular complexity index is 739. The Morgan fingerprint density at radius 2 is 1.77 bits per heavy atom. The van der Waals surface area contributed by atoms with Gasteiger partial charge in [-0.1, -0.05) is 25.7 Å². The molecule has 26 heavy (non-hydrogen) atoms. The Hall–Kier alpha value is -1.71. The van der Waals surface area contributed by atoms with Crippen LogP contribution in [0.2, 0.25) is 0 Å². The van der Waals surface area contributed by atoms with Crippen LogP contribution < -0.4 is 5.32 Å². The molecule has 0 spiro atoms. The highest BCUT2D eigenvalue weighted by Gasteiger charge is 2.31. The second-order valence-electron chi connectivity index (χ2n) is 6.79. The molecule has 1 heterocycles. The molecule has 1 aromatic carbocycles. The second-order valence-corrected chi connectivity index (χ2v) is 8.69. The molecule has 3 rings (SSSR count). The van der Waals surface area contributed by atoms with Crippen LogP contribution in [0.3, 0.4) is 0 Å². The van der Waals surface area contributed by atoms with E-state index < -0.39 is 14.9 Å². The summed E-state index contributed by atoms with van der Waals surface area (Å²) in [7, 11) is -3.82. The number of nitro groups is 1. The van der Waals surface area contributed by atoms with Crippen molar-refractivity contribution in [2.45, 2.75) is 49.5 Å². The number of hydrogen-bond donors (Lipinski definition) is 1. The molecule has 9 heteroatoms. The third-order valence-corrected chi connectivity index (χ3v) is 6.92. The molecule has 8 nitrogen and oxygen atoms in total. The van der Waals surface area contributed by atoms with Crippen molar-refractivity contribution in [2.24, 2.45) is 0 Å². The molecule has 1 saturated heterocycles. The highest BCUT2D eigenvalue weighted by molar-refractivity contribution is 7.89. The van der Waals surface area contributed by atoms with Gasteiger partial charge in [-0.3, -0.25) is 10.1 Å². The number of ether oxygens (including phenoxy) is 1. The van der Waals surface area contributed by atoms with Gasteiger partial charge in [-0.2, -0.15) is 4.31 Å². The van der Waals surface area contributed by atoms with Crippen molar-refractivity contribution in [3.05, 3.63) is 28.3 Å². The van der Waals surface area contributed by atoms with Crippen molar-refractivity contribution in [1.29, 1.82) is 0 Å². The summed E-state index contributed by atoms with van der Waals surface area (Å²) in [6.07, 6.45) is 6.56. The fourth-order valence-corrected chi connectivity index (χ4v) is 5.11. The van der Waals surface area contributed by atoms with E-state index in [2.05, 4.69) is 5.32 Å².